The van der Waals surface area contributed by atoms with Crippen LogP contribution in [0.5, 0.6) is 0 Å². The first kappa shape index (κ1) is 25.2. The summed E-state index contributed by atoms with van der Waals surface area (Å²) < 4.78 is 77.9. The molecule has 1 spiro atoms. The normalized spacial score (nSPS) is 26.2. The number of aliphatic hydroxyl groups excluding tert-OH is 1. The maximum absolute atomic E-state index is 13.3. The van der Waals surface area contributed by atoms with Gasteiger partial charge in [0.15, 0.2) is 0 Å². The predicted octanol–water partition coefficient (Wildman–Crippen LogP) is 4.83. The minimum atomic E-state index is -9.81. The smallest absolute Gasteiger partial charge is 0.313 e. The van der Waals surface area contributed by atoms with Crippen molar-refractivity contribution in [3.63, 3.8) is 0 Å². The van der Waals surface area contributed by atoms with Gasteiger partial charge in [-0.3, -0.25) is 4.21 Å². The molecule has 1 atom stereocenters. The first-order valence-electron chi connectivity index (χ1n) is 12.2. The first-order chi connectivity index (χ1) is 17.2. The van der Waals surface area contributed by atoms with Gasteiger partial charge in [0.2, 0.25) is 5.95 Å². The average molecular weight is 567 g/mol. The third kappa shape index (κ3) is 4.46. The molecule has 2 aliphatic heterocycles. The molecular weight excluding hydrogens is 539 g/mol. The summed E-state index contributed by atoms with van der Waals surface area (Å²) in [5, 5.41) is 13.4. The van der Waals surface area contributed by atoms with Crippen LogP contribution in [0.4, 0.5) is 31.2 Å². The molecule has 2 aromatic rings. The Labute approximate surface area is 212 Å². The molecule has 37 heavy (non-hydrogen) atoms. The molecule has 0 amide bonds. The van der Waals surface area contributed by atoms with Gasteiger partial charge in [0.1, 0.15) is 21.4 Å². The Morgan fingerprint density at radius 3 is 2.22 bits per heavy atom. The molecule has 2 saturated carbocycles. The molecule has 2 N–H and O–H groups in total. The second-order valence-corrected chi connectivity index (χ2v) is 14.9. The summed E-state index contributed by atoms with van der Waals surface area (Å²) in [6, 6.07) is 0. The number of piperidine rings is 1. The Balaban J connectivity index is 1.22. The van der Waals surface area contributed by atoms with E-state index in [1.54, 1.807) is 0 Å². The van der Waals surface area contributed by atoms with Gasteiger partial charge in [0.25, 0.3) is 0 Å². The molecule has 0 unspecified atom stereocenters. The average Bonchev–Trinajstić information content (AvgIpc) is 3.54. The number of nitrogens with one attached hydrogen (secondary N) is 1. The second kappa shape index (κ2) is 7.50. The molecule has 4 aliphatic rings. The molecule has 204 valence electrons. The minimum absolute atomic E-state index is 0.0505. The van der Waals surface area contributed by atoms with E-state index < -0.39 is 31.5 Å². The summed E-state index contributed by atoms with van der Waals surface area (Å²) in [6.07, 6.45) is 6.25. The van der Waals surface area contributed by atoms with Gasteiger partial charge in [0.05, 0.1) is 45.8 Å². The van der Waals surface area contributed by atoms with Gasteiger partial charge in [-0.2, -0.15) is 4.98 Å². The van der Waals surface area contributed by atoms with E-state index >= 15 is 0 Å². The van der Waals surface area contributed by atoms with E-state index in [2.05, 4.69) is 15.3 Å². The second-order valence-electron chi connectivity index (χ2n) is 10.7. The summed E-state index contributed by atoms with van der Waals surface area (Å²) in [5.74, 6) is 0.793. The largest absolute Gasteiger partial charge is 0.394 e. The third-order valence-electron chi connectivity index (χ3n) is 8.03. The topological polar surface area (TPSA) is 104 Å². The van der Waals surface area contributed by atoms with Crippen LogP contribution in [0, 0.1) is 0 Å². The summed E-state index contributed by atoms with van der Waals surface area (Å²) in [4.78, 5) is 17.2. The highest BCUT2D eigenvalue weighted by molar-refractivity contribution is 8.45. The molecule has 3 fully saturated rings. The highest BCUT2D eigenvalue weighted by Crippen LogP contribution is 3.01. The molecule has 2 aliphatic carbocycles. The number of anilines is 2. The van der Waals surface area contributed by atoms with Gasteiger partial charge in [-0.05, 0) is 44.9 Å². The molecule has 4 heterocycles. The van der Waals surface area contributed by atoms with E-state index in [1.165, 1.54) is 0 Å². The zero-order valence-electron chi connectivity index (χ0n) is 19.8. The fourth-order valence-corrected chi connectivity index (χ4v) is 7.65. The Morgan fingerprint density at radius 1 is 1.05 bits per heavy atom. The Morgan fingerprint density at radius 2 is 1.70 bits per heavy atom. The van der Waals surface area contributed by atoms with Crippen molar-refractivity contribution in [1.29, 1.82) is 0 Å². The van der Waals surface area contributed by atoms with Crippen molar-refractivity contribution in [2.24, 2.45) is 0 Å². The SMILES string of the molecule is O=[S@]1c2c(nc(N3CCC(c4ncc(S(F)(F)(F)(F)F)cn4)CC3)nc2NC2(CO)CCC2)CC12CC2. The van der Waals surface area contributed by atoms with Gasteiger partial charge >= 0.3 is 10.2 Å². The zero-order valence-corrected chi connectivity index (χ0v) is 21.4. The van der Waals surface area contributed by atoms with Crippen LogP contribution >= 0.6 is 10.2 Å². The van der Waals surface area contributed by atoms with Crippen molar-refractivity contribution >= 4 is 32.8 Å². The number of aromatic nitrogens is 4. The number of hydrogen-bond donors (Lipinski definition) is 2. The van der Waals surface area contributed by atoms with Gasteiger partial charge in [0, 0.05) is 25.4 Å². The molecular formula is C22H27F5N6O2S2. The monoisotopic (exact) mass is 566 g/mol. The van der Waals surface area contributed by atoms with Crippen LogP contribution < -0.4 is 10.2 Å². The van der Waals surface area contributed by atoms with Crippen molar-refractivity contribution in [2.75, 3.05) is 29.9 Å². The van der Waals surface area contributed by atoms with Crippen molar-refractivity contribution in [1.82, 2.24) is 19.9 Å². The molecule has 6 rings (SSSR count). The van der Waals surface area contributed by atoms with Crippen molar-refractivity contribution < 1.29 is 28.7 Å². The van der Waals surface area contributed by atoms with E-state index in [9.17, 15) is 28.7 Å². The number of nitrogens with zero attached hydrogens (tertiary/aromatic N) is 5. The molecule has 8 nitrogen and oxygen atoms in total. The molecule has 0 bridgehead atoms. The molecule has 1 saturated heterocycles. The number of rotatable bonds is 6. The van der Waals surface area contributed by atoms with E-state index in [1.807, 2.05) is 4.90 Å². The fourth-order valence-electron chi connectivity index (χ4n) is 5.36. The Hall–Kier alpha value is -2.13. The van der Waals surface area contributed by atoms with E-state index in [0.717, 1.165) is 37.8 Å². The van der Waals surface area contributed by atoms with Crippen LogP contribution in [0.3, 0.4) is 0 Å². The minimum Gasteiger partial charge on any atom is -0.394 e. The fraction of sp³-hybridized carbons (Fsp3) is 0.636. The Kier molecular flexibility index (Phi) is 5.10. The lowest BCUT2D eigenvalue weighted by atomic mass is 9.77. The van der Waals surface area contributed by atoms with E-state index in [0.29, 0.717) is 49.0 Å². The molecule has 15 heteroatoms. The third-order valence-corrected chi connectivity index (χ3v) is 11.3. The maximum Gasteiger partial charge on any atom is 0.313 e. The summed E-state index contributed by atoms with van der Waals surface area (Å²) in [7, 11) is -11.0. The number of halogens is 5. The van der Waals surface area contributed by atoms with Crippen molar-refractivity contribution in [2.45, 2.75) is 77.4 Å². The van der Waals surface area contributed by atoms with Gasteiger partial charge in [-0.15, -0.1) is 0 Å². The Bertz CT molecular complexity index is 1270. The van der Waals surface area contributed by atoms with Gasteiger partial charge < -0.3 is 15.3 Å². The highest BCUT2D eigenvalue weighted by Gasteiger charge is 2.66. The van der Waals surface area contributed by atoms with E-state index in [-0.39, 0.29) is 35.5 Å². The van der Waals surface area contributed by atoms with Crippen molar-refractivity contribution in [3.05, 3.63) is 23.9 Å². The number of aliphatic hydroxyl groups is 1. The standard InChI is InChI=1S/C22H27F5N6O2S2/c23-37(24,25,26,27)15-11-28-18(29-12-15)14-2-8-33(9-3-14)20-30-16-10-22(6-7-22)36(35)17(16)19(31-20)32-21(13-34)4-1-5-21/h11-12,14,34H,1-10,13H2,(H,30,31,32)/t36-/m0/s1. The van der Waals surface area contributed by atoms with Crippen molar-refractivity contribution in [3.8, 4) is 0 Å². The van der Waals surface area contributed by atoms with Crippen LogP contribution in [-0.4, -0.2) is 59.2 Å². The summed E-state index contributed by atoms with van der Waals surface area (Å²) in [6.45, 7) is 0.884. The van der Waals surface area contributed by atoms with Crippen LogP contribution in [0.25, 0.3) is 0 Å². The van der Waals surface area contributed by atoms with E-state index in [4.69, 9.17) is 9.97 Å². The van der Waals surface area contributed by atoms with Gasteiger partial charge in [-0.1, -0.05) is 19.4 Å². The van der Waals surface area contributed by atoms with Crippen LogP contribution in [0.1, 0.15) is 62.4 Å². The van der Waals surface area contributed by atoms with Crippen LogP contribution in [0.2, 0.25) is 0 Å². The predicted molar refractivity (Wildman–Crippen MR) is 129 cm³/mol. The number of fused-ring (bicyclic) bond motifs is 1. The van der Waals surface area contributed by atoms with Gasteiger partial charge in [-0.25, -0.2) is 15.0 Å². The summed E-state index contributed by atoms with van der Waals surface area (Å²) >= 11 is 0. The molecule has 0 aromatic carbocycles. The lowest BCUT2D eigenvalue weighted by molar-refractivity contribution is 0.143. The molecule has 0 radical (unpaired) electrons. The van der Waals surface area contributed by atoms with Crippen LogP contribution in [-0.2, 0) is 17.2 Å². The first-order valence-corrected chi connectivity index (χ1v) is 15.3. The lowest BCUT2D eigenvalue weighted by Gasteiger charge is -2.42. The number of hydrogen-bond acceptors (Lipinski definition) is 8. The highest BCUT2D eigenvalue weighted by atomic mass is 32.5. The van der Waals surface area contributed by atoms with Crippen LogP contribution in [0.15, 0.2) is 22.2 Å². The quantitative estimate of drug-likeness (QED) is 0.480. The molecule has 2 aromatic heterocycles. The lowest BCUT2D eigenvalue weighted by Crippen LogP contribution is -2.49. The zero-order chi connectivity index (χ0) is 26.3. The summed E-state index contributed by atoms with van der Waals surface area (Å²) in [5.41, 5.74) is 0.280. The maximum atomic E-state index is 13.3.